The number of nitrogens with one attached hydrogen (secondary N) is 1. The van der Waals surface area contributed by atoms with Crippen LogP contribution < -0.4 is 4.72 Å². The molecule has 0 aliphatic carbocycles. The monoisotopic (exact) mass is 253 g/mol. The van der Waals surface area contributed by atoms with E-state index in [1.165, 1.54) is 12.1 Å². The fraction of sp³-hybridized carbons (Fsp3) is 0.333. The van der Waals surface area contributed by atoms with Crippen molar-refractivity contribution < 1.29 is 21.9 Å². The van der Waals surface area contributed by atoms with E-state index >= 15 is 0 Å². The molecule has 2 atom stereocenters. The standard InChI is InChI=1S/C9H10F3NO2S/c10-9(11,12)8(13-16(14)15)6-7-4-2-1-3-5-7/h1-5,8,13H,6H2,(H,14,15). The van der Waals surface area contributed by atoms with Gasteiger partial charge < -0.3 is 0 Å². The first-order chi connectivity index (χ1) is 7.39. The van der Waals surface area contributed by atoms with Crippen LogP contribution in [0, 0.1) is 0 Å². The summed E-state index contributed by atoms with van der Waals surface area (Å²) < 4.78 is 57.7. The number of hydrogen-bond donors (Lipinski definition) is 2. The van der Waals surface area contributed by atoms with Crippen LogP contribution >= 0.6 is 0 Å². The molecule has 0 aromatic heterocycles. The van der Waals surface area contributed by atoms with Gasteiger partial charge in [0.25, 0.3) is 0 Å². The molecular formula is C9H10F3NO2S. The third-order valence-electron chi connectivity index (χ3n) is 1.92. The summed E-state index contributed by atoms with van der Waals surface area (Å²) in [6.07, 6.45) is -4.94. The molecule has 0 radical (unpaired) electrons. The molecule has 3 nitrogen and oxygen atoms in total. The summed E-state index contributed by atoms with van der Waals surface area (Å²) >= 11 is -2.69. The molecule has 0 saturated carbocycles. The molecule has 1 rings (SSSR count). The predicted octanol–water partition coefficient (Wildman–Crippen LogP) is 1.89. The van der Waals surface area contributed by atoms with E-state index in [2.05, 4.69) is 0 Å². The zero-order valence-electron chi connectivity index (χ0n) is 8.07. The Morgan fingerprint density at radius 2 is 1.88 bits per heavy atom. The fourth-order valence-corrected chi connectivity index (χ4v) is 1.66. The van der Waals surface area contributed by atoms with Gasteiger partial charge in [-0.3, -0.25) is 4.55 Å². The van der Waals surface area contributed by atoms with Gasteiger partial charge in [-0.2, -0.15) is 13.2 Å². The first-order valence-electron chi connectivity index (χ1n) is 4.37. The normalized spacial score (nSPS) is 15.8. The van der Waals surface area contributed by atoms with Gasteiger partial charge in [0.05, 0.1) is 0 Å². The Balaban J connectivity index is 2.75. The van der Waals surface area contributed by atoms with Crippen molar-refractivity contribution in [1.82, 2.24) is 4.72 Å². The van der Waals surface area contributed by atoms with Crippen LogP contribution in [-0.4, -0.2) is 21.0 Å². The molecule has 90 valence electrons. The van der Waals surface area contributed by atoms with Crippen LogP contribution in [0.4, 0.5) is 13.2 Å². The number of rotatable bonds is 4. The van der Waals surface area contributed by atoms with Gasteiger partial charge in [-0.05, 0) is 12.0 Å². The summed E-state index contributed by atoms with van der Waals surface area (Å²) in [5, 5.41) is 0. The maximum Gasteiger partial charge on any atom is 0.405 e. The highest BCUT2D eigenvalue weighted by molar-refractivity contribution is 7.77. The first kappa shape index (κ1) is 13.1. The molecular weight excluding hydrogens is 243 g/mol. The highest BCUT2D eigenvalue weighted by atomic mass is 32.2. The van der Waals surface area contributed by atoms with Gasteiger partial charge in [0, 0.05) is 0 Å². The first-order valence-corrected chi connectivity index (χ1v) is 5.48. The molecule has 0 aliphatic heterocycles. The zero-order chi connectivity index (χ0) is 12.2. The maximum atomic E-state index is 12.5. The van der Waals surface area contributed by atoms with E-state index in [1.54, 1.807) is 22.9 Å². The minimum absolute atomic E-state index is 0.378. The van der Waals surface area contributed by atoms with Gasteiger partial charge in [-0.25, -0.2) is 8.93 Å². The van der Waals surface area contributed by atoms with Gasteiger partial charge >= 0.3 is 6.18 Å². The Labute approximate surface area is 93.1 Å². The van der Waals surface area contributed by atoms with Gasteiger partial charge in [0.2, 0.25) is 11.3 Å². The summed E-state index contributed by atoms with van der Waals surface area (Å²) in [5.74, 6) is 0. The van der Waals surface area contributed by atoms with E-state index in [0.717, 1.165) is 0 Å². The van der Waals surface area contributed by atoms with Crippen LogP contribution in [0.2, 0.25) is 0 Å². The van der Waals surface area contributed by atoms with Gasteiger partial charge in [0.15, 0.2) is 0 Å². The molecule has 1 aromatic rings. The highest BCUT2D eigenvalue weighted by Crippen LogP contribution is 2.23. The van der Waals surface area contributed by atoms with Crippen molar-refractivity contribution in [1.29, 1.82) is 0 Å². The molecule has 0 aliphatic rings. The van der Waals surface area contributed by atoms with Crippen LogP contribution in [0.3, 0.4) is 0 Å². The Morgan fingerprint density at radius 1 is 1.31 bits per heavy atom. The second-order valence-corrected chi connectivity index (χ2v) is 3.88. The van der Waals surface area contributed by atoms with Crippen LogP contribution in [0.5, 0.6) is 0 Å². The molecule has 0 heterocycles. The van der Waals surface area contributed by atoms with E-state index < -0.39 is 23.5 Å². The van der Waals surface area contributed by atoms with Gasteiger partial charge in [-0.1, -0.05) is 30.3 Å². The summed E-state index contributed by atoms with van der Waals surface area (Å²) in [5.41, 5.74) is 0.447. The topological polar surface area (TPSA) is 49.3 Å². The van der Waals surface area contributed by atoms with Crippen LogP contribution in [-0.2, 0) is 17.7 Å². The highest BCUT2D eigenvalue weighted by Gasteiger charge is 2.40. The SMILES string of the molecule is O=S(O)NC(Cc1ccccc1)C(F)(F)F. The third kappa shape index (κ3) is 4.30. The van der Waals surface area contributed by atoms with E-state index in [1.807, 2.05) is 0 Å². The number of alkyl halides is 3. The molecule has 7 heteroatoms. The van der Waals surface area contributed by atoms with Crippen molar-refractivity contribution in [2.45, 2.75) is 18.6 Å². The van der Waals surface area contributed by atoms with E-state index in [4.69, 9.17) is 4.55 Å². The quantitative estimate of drug-likeness (QED) is 0.805. The molecule has 2 unspecified atom stereocenters. The average molecular weight is 253 g/mol. The largest absolute Gasteiger partial charge is 0.405 e. The van der Waals surface area contributed by atoms with E-state index in [0.29, 0.717) is 5.56 Å². The molecule has 2 N–H and O–H groups in total. The molecule has 0 saturated heterocycles. The molecule has 16 heavy (non-hydrogen) atoms. The average Bonchev–Trinajstić information content (AvgIpc) is 2.16. The Bertz CT molecular complexity index is 356. The number of hydrogen-bond acceptors (Lipinski definition) is 1. The van der Waals surface area contributed by atoms with Crippen molar-refractivity contribution in [2.24, 2.45) is 0 Å². The lowest BCUT2D eigenvalue weighted by molar-refractivity contribution is -0.151. The lowest BCUT2D eigenvalue weighted by Gasteiger charge is -2.19. The van der Waals surface area contributed by atoms with Gasteiger partial charge in [-0.15, -0.1) is 0 Å². The molecule has 0 bridgehead atoms. The lowest BCUT2D eigenvalue weighted by Crippen LogP contribution is -2.44. The van der Waals surface area contributed by atoms with Crippen molar-refractivity contribution >= 4 is 11.3 Å². The lowest BCUT2D eigenvalue weighted by atomic mass is 10.1. The second kappa shape index (κ2) is 5.42. The molecule has 0 spiro atoms. The Hall–Kier alpha value is -0.920. The van der Waals surface area contributed by atoms with Crippen LogP contribution in [0.1, 0.15) is 5.56 Å². The fourth-order valence-electron chi connectivity index (χ4n) is 1.20. The third-order valence-corrected chi connectivity index (χ3v) is 2.41. The minimum atomic E-state index is -4.56. The number of benzene rings is 1. The molecule has 0 amide bonds. The summed E-state index contributed by atoms with van der Waals surface area (Å²) in [7, 11) is 0. The molecule has 1 aromatic carbocycles. The van der Waals surface area contributed by atoms with Crippen molar-refractivity contribution in [2.75, 3.05) is 0 Å². The smallest absolute Gasteiger partial charge is 0.294 e. The van der Waals surface area contributed by atoms with Crippen molar-refractivity contribution in [3.05, 3.63) is 35.9 Å². The Kier molecular flexibility index (Phi) is 4.45. The predicted molar refractivity (Wildman–Crippen MR) is 53.9 cm³/mol. The van der Waals surface area contributed by atoms with Crippen molar-refractivity contribution in [3.8, 4) is 0 Å². The van der Waals surface area contributed by atoms with E-state index in [9.17, 15) is 17.4 Å². The van der Waals surface area contributed by atoms with Crippen molar-refractivity contribution in [3.63, 3.8) is 0 Å². The zero-order valence-corrected chi connectivity index (χ0v) is 8.89. The summed E-state index contributed by atoms with van der Waals surface area (Å²) in [4.78, 5) is 0. The Morgan fingerprint density at radius 3 is 2.31 bits per heavy atom. The summed E-state index contributed by atoms with van der Waals surface area (Å²) in [6, 6.07) is 5.93. The number of halogens is 3. The minimum Gasteiger partial charge on any atom is -0.294 e. The summed E-state index contributed by atoms with van der Waals surface area (Å²) in [6.45, 7) is 0. The van der Waals surface area contributed by atoms with Crippen LogP contribution in [0.25, 0.3) is 0 Å². The molecule has 0 fully saturated rings. The second-order valence-electron chi connectivity index (χ2n) is 3.15. The van der Waals surface area contributed by atoms with Gasteiger partial charge in [0.1, 0.15) is 6.04 Å². The maximum absolute atomic E-state index is 12.5. The van der Waals surface area contributed by atoms with E-state index in [-0.39, 0.29) is 6.42 Å². The van der Waals surface area contributed by atoms with Crippen LogP contribution in [0.15, 0.2) is 30.3 Å².